The SMILES string of the molecule is C[C@H](NC(=O)CNC(c1ccccc1)c1ccccc1)c1ccc2c(c1)OCCO2. The number of ether oxygens (including phenoxy) is 2. The fraction of sp³-hybridized carbons (Fsp3) is 0.240. The Balaban J connectivity index is 1.40. The average molecular weight is 402 g/mol. The molecular weight excluding hydrogens is 376 g/mol. The number of benzene rings is 3. The molecule has 4 rings (SSSR count). The van der Waals surface area contributed by atoms with Gasteiger partial charge >= 0.3 is 0 Å². The Labute approximate surface area is 177 Å². The summed E-state index contributed by atoms with van der Waals surface area (Å²) < 4.78 is 11.2. The minimum absolute atomic E-state index is 0.0530. The van der Waals surface area contributed by atoms with E-state index in [4.69, 9.17) is 9.47 Å². The van der Waals surface area contributed by atoms with Crippen LogP contribution >= 0.6 is 0 Å². The van der Waals surface area contributed by atoms with Crippen molar-refractivity contribution in [2.45, 2.75) is 19.0 Å². The molecule has 0 saturated heterocycles. The summed E-state index contributed by atoms with van der Waals surface area (Å²) in [5, 5.41) is 6.47. The van der Waals surface area contributed by atoms with Crippen LogP contribution in [0.4, 0.5) is 0 Å². The Morgan fingerprint density at radius 3 is 2.07 bits per heavy atom. The molecule has 0 spiro atoms. The third-order valence-electron chi connectivity index (χ3n) is 5.18. The average Bonchev–Trinajstić information content (AvgIpc) is 2.80. The topological polar surface area (TPSA) is 59.6 Å². The number of hydrogen-bond donors (Lipinski definition) is 2. The highest BCUT2D eigenvalue weighted by Crippen LogP contribution is 2.32. The van der Waals surface area contributed by atoms with E-state index >= 15 is 0 Å². The predicted octanol–water partition coefficient (Wildman–Crippen LogP) is 4.01. The standard InChI is InChI=1S/C25H26N2O3/c1-18(21-12-13-22-23(16-21)30-15-14-29-22)27-24(28)17-26-25(19-8-4-2-5-9-19)20-10-6-3-7-11-20/h2-13,16,18,25-26H,14-15,17H2,1H3,(H,27,28)/t18-/m0/s1. The number of carbonyl (C=O) groups excluding carboxylic acids is 1. The number of hydrogen-bond acceptors (Lipinski definition) is 4. The van der Waals surface area contributed by atoms with E-state index in [1.165, 1.54) is 0 Å². The molecule has 0 radical (unpaired) electrons. The minimum atomic E-state index is -0.137. The zero-order chi connectivity index (χ0) is 20.8. The van der Waals surface area contributed by atoms with Crippen molar-refractivity contribution in [3.8, 4) is 11.5 Å². The van der Waals surface area contributed by atoms with Gasteiger partial charge in [-0.15, -0.1) is 0 Å². The van der Waals surface area contributed by atoms with Crippen LogP contribution in [0, 0.1) is 0 Å². The highest BCUT2D eigenvalue weighted by atomic mass is 16.6. The van der Waals surface area contributed by atoms with Crippen LogP contribution in [-0.2, 0) is 4.79 Å². The lowest BCUT2D eigenvalue weighted by molar-refractivity contribution is -0.121. The number of carbonyl (C=O) groups is 1. The molecule has 0 fully saturated rings. The number of amides is 1. The van der Waals surface area contributed by atoms with Crippen molar-refractivity contribution in [2.75, 3.05) is 19.8 Å². The zero-order valence-corrected chi connectivity index (χ0v) is 17.0. The van der Waals surface area contributed by atoms with E-state index in [1.807, 2.05) is 61.5 Å². The largest absolute Gasteiger partial charge is 0.486 e. The van der Waals surface area contributed by atoms with Crippen LogP contribution in [0.15, 0.2) is 78.9 Å². The quantitative estimate of drug-likeness (QED) is 0.627. The van der Waals surface area contributed by atoms with E-state index < -0.39 is 0 Å². The van der Waals surface area contributed by atoms with E-state index in [9.17, 15) is 4.79 Å². The van der Waals surface area contributed by atoms with Gasteiger partial charge in [0.05, 0.1) is 18.6 Å². The summed E-state index contributed by atoms with van der Waals surface area (Å²) in [5.74, 6) is 1.42. The Morgan fingerprint density at radius 1 is 0.833 bits per heavy atom. The summed E-state index contributed by atoms with van der Waals surface area (Å²) in [4.78, 5) is 12.7. The lowest BCUT2D eigenvalue weighted by Gasteiger charge is -2.22. The van der Waals surface area contributed by atoms with Gasteiger partial charge < -0.3 is 14.8 Å². The summed E-state index contributed by atoms with van der Waals surface area (Å²) in [6, 6.07) is 25.9. The van der Waals surface area contributed by atoms with Crippen LogP contribution in [0.2, 0.25) is 0 Å². The van der Waals surface area contributed by atoms with Gasteiger partial charge in [0, 0.05) is 0 Å². The van der Waals surface area contributed by atoms with Crippen LogP contribution < -0.4 is 20.1 Å². The van der Waals surface area contributed by atoms with E-state index in [0.717, 1.165) is 28.2 Å². The van der Waals surface area contributed by atoms with E-state index in [-0.39, 0.29) is 24.5 Å². The summed E-state index contributed by atoms with van der Waals surface area (Å²) in [7, 11) is 0. The first-order chi connectivity index (χ1) is 14.7. The van der Waals surface area contributed by atoms with Crippen molar-refractivity contribution in [3.63, 3.8) is 0 Å². The maximum Gasteiger partial charge on any atom is 0.234 e. The molecule has 1 aliphatic rings. The normalized spacial score (nSPS) is 13.7. The molecule has 2 N–H and O–H groups in total. The summed E-state index contributed by atoms with van der Waals surface area (Å²) in [5.41, 5.74) is 3.23. The summed E-state index contributed by atoms with van der Waals surface area (Å²) in [6.45, 7) is 3.29. The van der Waals surface area contributed by atoms with Crippen molar-refractivity contribution in [1.82, 2.24) is 10.6 Å². The number of rotatable bonds is 7. The van der Waals surface area contributed by atoms with Crippen molar-refractivity contribution >= 4 is 5.91 Å². The molecule has 1 aliphatic heterocycles. The fourth-order valence-electron chi connectivity index (χ4n) is 3.62. The number of nitrogens with one attached hydrogen (secondary N) is 2. The Kier molecular flexibility index (Phi) is 6.30. The molecule has 1 heterocycles. The lowest BCUT2D eigenvalue weighted by Crippen LogP contribution is -2.37. The lowest BCUT2D eigenvalue weighted by atomic mass is 9.99. The second-order valence-electron chi connectivity index (χ2n) is 7.33. The second-order valence-corrected chi connectivity index (χ2v) is 7.33. The molecule has 3 aromatic carbocycles. The van der Waals surface area contributed by atoms with Gasteiger partial charge in [0.1, 0.15) is 13.2 Å². The second kappa shape index (κ2) is 9.46. The smallest absolute Gasteiger partial charge is 0.234 e. The van der Waals surface area contributed by atoms with Crippen molar-refractivity contribution in [3.05, 3.63) is 95.6 Å². The van der Waals surface area contributed by atoms with Crippen molar-refractivity contribution < 1.29 is 14.3 Å². The number of fused-ring (bicyclic) bond motifs is 1. The third-order valence-corrected chi connectivity index (χ3v) is 5.18. The van der Waals surface area contributed by atoms with Crippen LogP contribution in [0.3, 0.4) is 0 Å². The monoisotopic (exact) mass is 402 g/mol. The van der Waals surface area contributed by atoms with E-state index in [1.54, 1.807) is 0 Å². The van der Waals surface area contributed by atoms with Gasteiger partial charge in [0.2, 0.25) is 5.91 Å². The highest BCUT2D eigenvalue weighted by molar-refractivity contribution is 5.78. The Hall–Kier alpha value is -3.31. The van der Waals surface area contributed by atoms with Crippen LogP contribution in [0.5, 0.6) is 11.5 Å². The molecular formula is C25H26N2O3. The highest BCUT2D eigenvalue weighted by Gasteiger charge is 2.18. The molecule has 0 bridgehead atoms. The molecule has 5 nitrogen and oxygen atoms in total. The van der Waals surface area contributed by atoms with Gasteiger partial charge in [-0.2, -0.15) is 0 Å². The molecule has 0 aromatic heterocycles. The van der Waals surface area contributed by atoms with Crippen LogP contribution in [-0.4, -0.2) is 25.7 Å². The van der Waals surface area contributed by atoms with E-state index in [2.05, 4.69) is 34.9 Å². The zero-order valence-electron chi connectivity index (χ0n) is 17.0. The first-order valence-electron chi connectivity index (χ1n) is 10.2. The fourth-order valence-corrected chi connectivity index (χ4v) is 3.62. The van der Waals surface area contributed by atoms with Gasteiger partial charge in [-0.1, -0.05) is 66.7 Å². The predicted molar refractivity (Wildman–Crippen MR) is 117 cm³/mol. The van der Waals surface area contributed by atoms with Gasteiger partial charge in [0.15, 0.2) is 11.5 Å². The van der Waals surface area contributed by atoms with Crippen LogP contribution in [0.1, 0.15) is 35.7 Å². The maximum absolute atomic E-state index is 12.7. The molecule has 0 unspecified atom stereocenters. The molecule has 3 aromatic rings. The van der Waals surface area contributed by atoms with Gasteiger partial charge in [-0.25, -0.2) is 0 Å². The first kappa shape index (κ1) is 20.0. The minimum Gasteiger partial charge on any atom is -0.486 e. The van der Waals surface area contributed by atoms with Gasteiger partial charge in [-0.3, -0.25) is 10.1 Å². The van der Waals surface area contributed by atoms with Crippen molar-refractivity contribution in [1.29, 1.82) is 0 Å². The maximum atomic E-state index is 12.7. The first-order valence-corrected chi connectivity index (χ1v) is 10.2. The molecule has 0 aliphatic carbocycles. The molecule has 5 heteroatoms. The molecule has 1 atom stereocenters. The third kappa shape index (κ3) is 4.81. The molecule has 1 amide bonds. The molecule has 30 heavy (non-hydrogen) atoms. The summed E-state index contributed by atoms with van der Waals surface area (Å²) >= 11 is 0. The van der Waals surface area contributed by atoms with E-state index in [0.29, 0.717) is 13.2 Å². The Bertz CT molecular complexity index is 937. The van der Waals surface area contributed by atoms with Crippen LogP contribution in [0.25, 0.3) is 0 Å². The Morgan fingerprint density at radius 2 is 1.43 bits per heavy atom. The van der Waals surface area contributed by atoms with Crippen molar-refractivity contribution in [2.24, 2.45) is 0 Å². The molecule has 0 saturated carbocycles. The molecule has 154 valence electrons. The van der Waals surface area contributed by atoms with Gasteiger partial charge in [-0.05, 0) is 35.7 Å². The summed E-state index contributed by atoms with van der Waals surface area (Å²) in [6.07, 6.45) is 0. The van der Waals surface area contributed by atoms with Gasteiger partial charge in [0.25, 0.3) is 0 Å².